The standard InChI is InChI=1S/C15H20N2O4S/c1-12(18)17(14-8-9-22(20,21)11-14)10-15(19)16(2)13-6-4-3-5-7-13/h3-7,14H,8-11H2,1-2H3. The number of likely N-dealkylation sites (N-methyl/N-ethyl adjacent to an activating group) is 1. The first-order valence-corrected chi connectivity index (χ1v) is 8.91. The van der Waals surface area contributed by atoms with E-state index in [-0.39, 0.29) is 29.9 Å². The van der Waals surface area contributed by atoms with Gasteiger partial charge in [0.05, 0.1) is 11.5 Å². The van der Waals surface area contributed by atoms with Crippen LogP contribution in [0.4, 0.5) is 5.69 Å². The molecule has 1 aromatic rings. The molecule has 0 spiro atoms. The summed E-state index contributed by atoms with van der Waals surface area (Å²) in [4.78, 5) is 27.0. The Morgan fingerprint density at radius 3 is 2.36 bits per heavy atom. The Labute approximate surface area is 130 Å². The number of benzene rings is 1. The molecule has 0 N–H and O–H groups in total. The number of nitrogens with zero attached hydrogens (tertiary/aromatic N) is 2. The molecule has 0 bridgehead atoms. The van der Waals surface area contributed by atoms with Crippen molar-refractivity contribution in [3.05, 3.63) is 30.3 Å². The molecule has 1 unspecified atom stereocenters. The molecular weight excluding hydrogens is 304 g/mol. The summed E-state index contributed by atoms with van der Waals surface area (Å²) in [6.45, 7) is 1.25. The summed E-state index contributed by atoms with van der Waals surface area (Å²) >= 11 is 0. The summed E-state index contributed by atoms with van der Waals surface area (Å²) in [6, 6.07) is 8.70. The molecule has 2 amide bonds. The summed E-state index contributed by atoms with van der Waals surface area (Å²) in [6.07, 6.45) is 0.393. The Hall–Kier alpha value is -1.89. The average Bonchev–Trinajstić information content (AvgIpc) is 2.84. The van der Waals surface area contributed by atoms with E-state index in [4.69, 9.17) is 0 Å². The zero-order valence-corrected chi connectivity index (χ0v) is 13.5. The van der Waals surface area contributed by atoms with E-state index >= 15 is 0 Å². The first-order valence-electron chi connectivity index (χ1n) is 7.09. The molecule has 1 aliphatic rings. The molecular formula is C15H20N2O4S. The Balaban J connectivity index is 2.08. The van der Waals surface area contributed by atoms with Gasteiger partial charge in [-0.2, -0.15) is 0 Å². The maximum atomic E-state index is 12.4. The Bertz CT molecular complexity index is 657. The van der Waals surface area contributed by atoms with Crippen LogP contribution in [0.25, 0.3) is 0 Å². The second kappa shape index (κ2) is 6.48. The maximum absolute atomic E-state index is 12.4. The van der Waals surface area contributed by atoms with Crippen molar-refractivity contribution in [1.82, 2.24) is 4.90 Å². The second-order valence-corrected chi connectivity index (χ2v) is 7.72. The van der Waals surface area contributed by atoms with Crippen LogP contribution in [-0.2, 0) is 19.4 Å². The van der Waals surface area contributed by atoms with Gasteiger partial charge in [-0.15, -0.1) is 0 Å². The molecule has 120 valence electrons. The Kier molecular flexibility index (Phi) is 4.85. The number of rotatable bonds is 4. The lowest BCUT2D eigenvalue weighted by atomic mass is 10.2. The molecule has 6 nitrogen and oxygen atoms in total. The third kappa shape index (κ3) is 3.85. The van der Waals surface area contributed by atoms with Gasteiger partial charge in [0.1, 0.15) is 6.54 Å². The van der Waals surface area contributed by atoms with Crippen LogP contribution in [0.5, 0.6) is 0 Å². The normalized spacial score (nSPS) is 19.6. The number of hydrogen-bond donors (Lipinski definition) is 0. The number of anilines is 1. The molecule has 0 aromatic heterocycles. The molecule has 1 aromatic carbocycles. The van der Waals surface area contributed by atoms with Gasteiger partial charge >= 0.3 is 0 Å². The lowest BCUT2D eigenvalue weighted by molar-refractivity contribution is -0.135. The SMILES string of the molecule is CC(=O)N(CC(=O)N(C)c1ccccc1)C1CCS(=O)(=O)C1. The zero-order valence-electron chi connectivity index (χ0n) is 12.7. The van der Waals surface area contributed by atoms with E-state index in [0.29, 0.717) is 6.42 Å². The number of sulfone groups is 1. The second-order valence-electron chi connectivity index (χ2n) is 5.49. The highest BCUT2D eigenvalue weighted by Gasteiger charge is 2.34. The van der Waals surface area contributed by atoms with E-state index < -0.39 is 15.9 Å². The topological polar surface area (TPSA) is 74.8 Å². The maximum Gasteiger partial charge on any atom is 0.246 e. The van der Waals surface area contributed by atoms with E-state index in [9.17, 15) is 18.0 Å². The molecule has 0 aliphatic carbocycles. The van der Waals surface area contributed by atoms with Crippen molar-refractivity contribution in [2.75, 3.05) is 30.0 Å². The first kappa shape index (κ1) is 16.5. The summed E-state index contributed by atoms with van der Waals surface area (Å²) in [5, 5.41) is 0. The first-order chi connectivity index (χ1) is 10.3. The van der Waals surface area contributed by atoms with Gasteiger partial charge in [0.25, 0.3) is 0 Å². The quantitative estimate of drug-likeness (QED) is 0.816. The number of amides is 2. The van der Waals surface area contributed by atoms with Crippen LogP contribution < -0.4 is 4.90 Å². The fourth-order valence-electron chi connectivity index (χ4n) is 2.57. The van der Waals surface area contributed by atoms with Crippen LogP contribution in [0.2, 0.25) is 0 Å². The van der Waals surface area contributed by atoms with E-state index in [1.807, 2.05) is 18.2 Å². The van der Waals surface area contributed by atoms with Crippen LogP contribution in [-0.4, -0.2) is 56.3 Å². The minimum Gasteiger partial charge on any atom is -0.330 e. The zero-order chi connectivity index (χ0) is 16.3. The molecule has 1 aliphatic heterocycles. The van der Waals surface area contributed by atoms with Gasteiger partial charge in [-0.25, -0.2) is 8.42 Å². The smallest absolute Gasteiger partial charge is 0.246 e. The highest BCUT2D eigenvalue weighted by atomic mass is 32.2. The largest absolute Gasteiger partial charge is 0.330 e. The molecule has 22 heavy (non-hydrogen) atoms. The Morgan fingerprint density at radius 1 is 1.23 bits per heavy atom. The predicted octanol–water partition coefficient (Wildman–Crippen LogP) is 0.685. The van der Waals surface area contributed by atoms with Gasteiger partial charge in [0.2, 0.25) is 11.8 Å². The van der Waals surface area contributed by atoms with Crippen molar-refractivity contribution < 1.29 is 18.0 Å². The summed E-state index contributed by atoms with van der Waals surface area (Å²) in [7, 11) is -1.46. The fourth-order valence-corrected chi connectivity index (χ4v) is 4.30. The minimum atomic E-state index is -3.10. The van der Waals surface area contributed by atoms with E-state index in [1.54, 1.807) is 19.2 Å². The highest BCUT2D eigenvalue weighted by molar-refractivity contribution is 7.91. The van der Waals surface area contributed by atoms with Gasteiger partial charge in [-0.1, -0.05) is 18.2 Å². The molecule has 0 radical (unpaired) electrons. The van der Waals surface area contributed by atoms with Crippen LogP contribution in [0.3, 0.4) is 0 Å². The van der Waals surface area contributed by atoms with E-state index in [1.165, 1.54) is 16.7 Å². The van der Waals surface area contributed by atoms with Crippen molar-refractivity contribution in [3.8, 4) is 0 Å². The average molecular weight is 324 g/mol. The molecule has 1 atom stereocenters. The minimum absolute atomic E-state index is 0.0606. The Morgan fingerprint density at radius 2 is 1.86 bits per heavy atom. The highest BCUT2D eigenvalue weighted by Crippen LogP contribution is 2.19. The van der Waals surface area contributed by atoms with Crippen molar-refractivity contribution in [1.29, 1.82) is 0 Å². The predicted molar refractivity (Wildman–Crippen MR) is 84.3 cm³/mol. The van der Waals surface area contributed by atoms with Crippen molar-refractivity contribution >= 4 is 27.3 Å². The number of hydrogen-bond acceptors (Lipinski definition) is 4. The van der Waals surface area contributed by atoms with Crippen molar-refractivity contribution in [2.45, 2.75) is 19.4 Å². The third-order valence-electron chi connectivity index (χ3n) is 3.88. The van der Waals surface area contributed by atoms with E-state index in [0.717, 1.165) is 5.69 Å². The van der Waals surface area contributed by atoms with Gasteiger partial charge in [-0.05, 0) is 18.6 Å². The number of carbonyl (C=O) groups is 2. The number of carbonyl (C=O) groups excluding carboxylic acids is 2. The van der Waals surface area contributed by atoms with Gasteiger partial charge < -0.3 is 9.80 Å². The van der Waals surface area contributed by atoms with Crippen LogP contribution in [0.1, 0.15) is 13.3 Å². The lowest BCUT2D eigenvalue weighted by Gasteiger charge is -2.28. The monoisotopic (exact) mass is 324 g/mol. The van der Waals surface area contributed by atoms with Gasteiger partial charge in [-0.3, -0.25) is 9.59 Å². The molecule has 1 heterocycles. The van der Waals surface area contributed by atoms with Gasteiger partial charge in [0, 0.05) is 25.7 Å². The van der Waals surface area contributed by atoms with E-state index in [2.05, 4.69) is 0 Å². The molecule has 2 rings (SSSR count). The van der Waals surface area contributed by atoms with Crippen molar-refractivity contribution in [3.63, 3.8) is 0 Å². The summed E-state index contributed by atoms with van der Waals surface area (Å²) < 4.78 is 23.2. The summed E-state index contributed by atoms with van der Waals surface area (Å²) in [5.74, 6) is -0.512. The van der Waals surface area contributed by atoms with Crippen molar-refractivity contribution in [2.24, 2.45) is 0 Å². The third-order valence-corrected chi connectivity index (χ3v) is 5.63. The molecule has 1 saturated heterocycles. The van der Waals surface area contributed by atoms with Crippen LogP contribution in [0, 0.1) is 0 Å². The summed E-state index contributed by atoms with van der Waals surface area (Å²) in [5.41, 5.74) is 0.732. The molecule has 1 fully saturated rings. The van der Waals surface area contributed by atoms with Crippen LogP contribution >= 0.6 is 0 Å². The molecule has 7 heteroatoms. The molecule has 0 saturated carbocycles. The lowest BCUT2D eigenvalue weighted by Crippen LogP contribution is -2.46. The number of para-hydroxylation sites is 1. The van der Waals surface area contributed by atoms with Crippen LogP contribution in [0.15, 0.2) is 30.3 Å². The fraction of sp³-hybridized carbons (Fsp3) is 0.467. The van der Waals surface area contributed by atoms with Gasteiger partial charge in [0.15, 0.2) is 9.84 Å².